The lowest BCUT2D eigenvalue weighted by atomic mass is 9.73. The first kappa shape index (κ1) is 22.6. The molecule has 0 amide bonds. The molecule has 3 aromatic rings. The van der Waals surface area contributed by atoms with Crippen molar-refractivity contribution in [2.24, 2.45) is 5.92 Å². The number of benzene rings is 2. The minimum atomic E-state index is -0.329. The van der Waals surface area contributed by atoms with Crippen LogP contribution in [-0.2, 0) is 13.0 Å². The monoisotopic (exact) mass is 455 g/mol. The quantitative estimate of drug-likeness (QED) is 0.631. The van der Waals surface area contributed by atoms with E-state index in [4.69, 9.17) is 4.74 Å². The Balaban J connectivity index is 0.00000245. The lowest BCUT2D eigenvalue weighted by Gasteiger charge is -2.32. The van der Waals surface area contributed by atoms with E-state index < -0.39 is 0 Å². The number of aryl methyl sites for hydroxylation is 2. The van der Waals surface area contributed by atoms with E-state index in [0.29, 0.717) is 29.3 Å². The largest absolute Gasteiger partial charge is 0.496 e. The van der Waals surface area contributed by atoms with Crippen LogP contribution in [0.25, 0.3) is 10.9 Å². The van der Waals surface area contributed by atoms with Crippen LogP contribution in [0.4, 0.5) is 0 Å². The van der Waals surface area contributed by atoms with Crippen LogP contribution in [-0.4, -0.2) is 29.2 Å². The lowest BCUT2D eigenvalue weighted by Crippen LogP contribution is -2.38. The lowest BCUT2D eigenvalue weighted by molar-refractivity contribution is 0.371. The van der Waals surface area contributed by atoms with E-state index in [2.05, 4.69) is 22.4 Å². The van der Waals surface area contributed by atoms with Gasteiger partial charge in [0.2, 0.25) is 0 Å². The van der Waals surface area contributed by atoms with Gasteiger partial charge >= 0.3 is 5.69 Å². The highest BCUT2D eigenvalue weighted by Gasteiger charge is 2.40. The molecule has 0 spiro atoms. The Kier molecular flexibility index (Phi) is 6.19. The van der Waals surface area contributed by atoms with E-state index in [1.54, 1.807) is 7.11 Å². The second-order valence-corrected chi connectivity index (χ2v) is 9.05. The molecule has 5 rings (SSSR count). The summed E-state index contributed by atoms with van der Waals surface area (Å²) in [6.07, 6.45) is 2.91. The molecule has 1 aliphatic carbocycles. The number of aromatic amines is 1. The van der Waals surface area contributed by atoms with Gasteiger partial charge in [0, 0.05) is 18.5 Å². The Hall–Kier alpha value is -2.57. The third kappa shape index (κ3) is 3.65. The summed E-state index contributed by atoms with van der Waals surface area (Å²) in [4.78, 5) is 28.8. The Morgan fingerprint density at radius 2 is 2.00 bits per heavy atom. The molecule has 32 heavy (non-hydrogen) atoms. The molecule has 1 saturated heterocycles. The summed E-state index contributed by atoms with van der Waals surface area (Å²) in [5.74, 6) is 1.94. The predicted molar refractivity (Wildman–Crippen MR) is 130 cm³/mol. The van der Waals surface area contributed by atoms with Crippen molar-refractivity contribution in [3.63, 3.8) is 0 Å². The van der Waals surface area contributed by atoms with Crippen LogP contribution >= 0.6 is 12.4 Å². The molecule has 7 heteroatoms. The van der Waals surface area contributed by atoms with Gasteiger partial charge in [-0.25, -0.2) is 4.79 Å². The summed E-state index contributed by atoms with van der Waals surface area (Å²) in [6.45, 7) is 5.27. The zero-order valence-electron chi connectivity index (χ0n) is 18.7. The molecule has 0 bridgehead atoms. The first-order valence-electron chi connectivity index (χ1n) is 11.1. The van der Waals surface area contributed by atoms with Crippen molar-refractivity contribution in [1.82, 2.24) is 14.9 Å². The smallest absolute Gasteiger partial charge is 0.328 e. The number of hydrogen-bond acceptors (Lipinski definition) is 4. The normalized spacial score (nSPS) is 21.7. The highest BCUT2D eigenvalue weighted by atomic mass is 35.5. The van der Waals surface area contributed by atoms with Crippen molar-refractivity contribution >= 4 is 23.3 Å². The van der Waals surface area contributed by atoms with Gasteiger partial charge in [0.25, 0.3) is 5.56 Å². The van der Waals surface area contributed by atoms with Gasteiger partial charge in [-0.15, -0.1) is 12.4 Å². The molecule has 2 aliphatic rings. The van der Waals surface area contributed by atoms with Gasteiger partial charge in [-0.2, -0.15) is 0 Å². The van der Waals surface area contributed by atoms with Crippen molar-refractivity contribution in [2.45, 2.75) is 51.6 Å². The molecule has 3 atom stereocenters. The number of fused-ring (bicyclic) bond motifs is 4. The Morgan fingerprint density at radius 3 is 2.78 bits per heavy atom. The minimum absolute atomic E-state index is 0. The second kappa shape index (κ2) is 8.75. The maximum absolute atomic E-state index is 13.1. The fraction of sp³-hybridized carbons (Fsp3) is 0.440. The van der Waals surface area contributed by atoms with Crippen molar-refractivity contribution in [3.8, 4) is 5.75 Å². The Morgan fingerprint density at radius 1 is 1.19 bits per heavy atom. The first-order valence-corrected chi connectivity index (χ1v) is 11.1. The molecule has 2 N–H and O–H groups in total. The highest BCUT2D eigenvalue weighted by molar-refractivity contribution is 5.85. The molecule has 1 aromatic heterocycles. The average Bonchev–Trinajstić information content (AvgIpc) is 3.17. The molecule has 2 aromatic carbocycles. The standard InChI is InChI=1S/C25H29N3O3.ClH/c1-14-11-15(2)23-19(12-14)24(29)28(25(30)27-23)10-9-20-22-16(13-26-20)7-8-17-18(22)5-4-6-21(17)31-3;/h4-6,11-12,16,20,22,26H,7-10,13H2,1-3H3,(H,27,30);1H. The number of nitrogens with zero attached hydrogens (tertiary/aromatic N) is 1. The van der Waals surface area contributed by atoms with Crippen molar-refractivity contribution in [3.05, 3.63) is 73.4 Å². The summed E-state index contributed by atoms with van der Waals surface area (Å²) in [5, 5.41) is 4.26. The second-order valence-electron chi connectivity index (χ2n) is 9.05. The number of methoxy groups -OCH3 is 1. The Labute approximate surface area is 193 Å². The van der Waals surface area contributed by atoms with Crippen molar-refractivity contribution < 1.29 is 4.74 Å². The van der Waals surface area contributed by atoms with E-state index in [1.807, 2.05) is 32.0 Å². The van der Waals surface area contributed by atoms with Gasteiger partial charge in [-0.05, 0) is 80.0 Å². The van der Waals surface area contributed by atoms with Gasteiger partial charge in [0.15, 0.2) is 0 Å². The third-order valence-corrected chi connectivity index (χ3v) is 7.19. The number of nitrogens with one attached hydrogen (secondary N) is 2. The summed E-state index contributed by atoms with van der Waals surface area (Å²) < 4.78 is 6.97. The topological polar surface area (TPSA) is 76.1 Å². The average molecular weight is 456 g/mol. The van der Waals surface area contributed by atoms with Crippen molar-refractivity contribution in [1.29, 1.82) is 0 Å². The molecular formula is C25H30ClN3O3. The fourth-order valence-electron chi connectivity index (χ4n) is 5.79. The zero-order valence-corrected chi connectivity index (χ0v) is 19.6. The van der Waals surface area contributed by atoms with E-state index in [9.17, 15) is 9.59 Å². The van der Waals surface area contributed by atoms with E-state index in [0.717, 1.165) is 42.7 Å². The van der Waals surface area contributed by atoms with E-state index >= 15 is 0 Å². The van der Waals surface area contributed by atoms with Gasteiger partial charge in [0.05, 0.1) is 18.0 Å². The number of H-pyrrole nitrogens is 1. The molecular weight excluding hydrogens is 426 g/mol. The zero-order chi connectivity index (χ0) is 21.7. The molecule has 2 heterocycles. The Bertz CT molecular complexity index is 1280. The van der Waals surface area contributed by atoms with E-state index in [-0.39, 0.29) is 29.7 Å². The van der Waals surface area contributed by atoms with Gasteiger partial charge < -0.3 is 15.0 Å². The molecule has 170 valence electrons. The highest BCUT2D eigenvalue weighted by Crippen LogP contribution is 2.45. The number of halogens is 1. The number of rotatable bonds is 4. The van der Waals surface area contributed by atoms with Crippen LogP contribution in [0.5, 0.6) is 5.75 Å². The van der Waals surface area contributed by atoms with Gasteiger partial charge in [-0.3, -0.25) is 9.36 Å². The third-order valence-electron chi connectivity index (χ3n) is 7.19. The summed E-state index contributed by atoms with van der Waals surface area (Å²) in [6, 6.07) is 10.4. The van der Waals surface area contributed by atoms with Crippen molar-refractivity contribution in [2.75, 3.05) is 13.7 Å². The molecule has 0 saturated carbocycles. The predicted octanol–water partition coefficient (Wildman–Crippen LogP) is 3.45. The molecule has 0 radical (unpaired) electrons. The number of ether oxygens (including phenoxy) is 1. The number of aromatic nitrogens is 2. The van der Waals surface area contributed by atoms with Crippen LogP contribution in [0.15, 0.2) is 39.9 Å². The number of hydrogen-bond donors (Lipinski definition) is 2. The fourth-order valence-corrected chi connectivity index (χ4v) is 5.79. The van der Waals surface area contributed by atoms with Crippen LogP contribution in [0.1, 0.15) is 41.0 Å². The molecule has 1 fully saturated rings. The van der Waals surface area contributed by atoms with Crippen LogP contribution in [0.2, 0.25) is 0 Å². The minimum Gasteiger partial charge on any atom is -0.496 e. The first-order chi connectivity index (χ1) is 15.0. The molecule has 6 nitrogen and oxygen atoms in total. The maximum atomic E-state index is 13.1. The van der Waals surface area contributed by atoms with Gasteiger partial charge in [-0.1, -0.05) is 18.2 Å². The summed E-state index contributed by atoms with van der Waals surface area (Å²) in [5.41, 5.74) is 4.72. The maximum Gasteiger partial charge on any atom is 0.328 e. The molecule has 1 aliphatic heterocycles. The van der Waals surface area contributed by atoms with Crippen LogP contribution in [0, 0.1) is 19.8 Å². The van der Waals surface area contributed by atoms with Crippen LogP contribution < -0.4 is 21.3 Å². The summed E-state index contributed by atoms with van der Waals surface area (Å²) in [7, 11) is 1.73. The molecule has 3 unspecified atom stereocenters. The van der Waals surface area contributed by atoms with E-state index in [1.165, 1.54) is 15.7 Å². The SMILES string of the molecule is COc1cccc2c1CCC1CNC(CCn3c(=O)[nH]c4c(C)cc(C)cc4c3=O)C21.Cl. The summed E-state index contributed by atoms with van der Waals surface area (Å²) >= 11 is 0. The van der Waals surface area contributed by atoms with Crippen LogP contribution in [0.3, 0.4) is 0 Å². The van der Waals surface area contributed by atoms with Gasteiger partial charge in [0.1, 0.15) is 5.75 Å².